The first-order valence-electron chi connectivity index (χ1n) is 4.79. The minimum Gasteiger partial charge on any atom is -0.368 e. The molecule has 10 nitrogen and oxygen atoms in total. The van der Waals surface area contributed by atoms with Gasteiger partial charge in [0, 0.05) is 0 Å². The highest BCUT2D eigenvalue weighted by Crippen LogP contribution is 2.40. The van der Waals surface area contributed by atoms with Crippen LogP contribution in [-0.2, 0) is 20.5 Å². The van der Waals surface area contributed by atoms with Gasteiger partial charge in [0.1, 0.15) is 6.33 Å². The van der Waals surface area contributed by atoms with Gasteiger partial charge in [-0.2, -0.15) is 9.66 Å². The van der Waals surface area contributed by atoms with Crippen LogP contribution in [0.25, 0.3) is 0 Å². The number of rotatable bonds is 6. The molecule has 4 N–H and O–H groups in total. The number of nitrogens with zero attached hydrogens (tertiary/aromatic N) is 3. The molecule has 0 fully saturated rings. The van der Waals surface area contributed by atoms with E-state index in [4.69, 9.17) is 20.6 Å². The summed E-state index contributed by atoms with van der Waals surface area (Å²) < 4.78 is 20.3. The van der Waals surface area contributed by atoms with Crippen LogP contribution in [0, 0.1) is 0 Å². The Morgan fingerprint density at radius 2 is 2.33 bits per heavy atom. The maximum absolute atomic E-state index is 11.3. The Bertz CT molecular complexity index is 505. The number of nitrogens with two attached hydrogens (primary N) is 1. The van der Waals surface area contributed by atoms with Gasteiger partial charge in [-0.15, -0.1) is 0 Å². The van der Waals surface area contributed by atoms with E-state index in [9.17, 15) is 9.36 Å². The Labute approximate surface area is 101 Å². The standard InChI is InChI=1S/C7H13N4O6P/c1-5(16-4-18(14,15)17-13)2-11-3-9-6(8)10-7(11)12/h3,5,13H,2,4H2,1H3,(H,14,15)(H2,8,10,12)/t5-/m0/s1. The molecule has 0 amide bonds. The third-order valence-corrected chi connectivity index (χ3v) is 2.62. The maximum atomic E-state index is 11.3. The first kappa shape index (κ1) is 14.7. The topological polar surface area (TPSA) is 150 Å². The minimum atomic E-state index is -4.16. The number of aromatic nitrogens is 3. The van der Waals surface area contributed by atoms with Crippen LogP contribution in [0.5, 0.6) is 0 Å². The summed E-state index contributed by atoms with van der Waals surface area (Å²) in [5, 5.41) is 8.09. The van der Waals surface area contributed by atoms with E-state index in [2.05, 4.69) is 14.6 Å². The molecule has 0 radical (unpaired) electrons. The van der Waals surface area contributed by atoms with E-state index in [0.717, 1.165) is 4.57 Å². The van der Waals surface area contributed by atoms with Crippen LogP contribution in [-0.4, -0.2) is 37.1 Å². The van der Waals surface area contributed by atoms with Crippen LogP contribution >= 0.6 is 7.60 Å². The third kappa shape index (κ3) is 4.51. The molecule has 0 aliphatic carbocycles. The second-order valence-corrected chi connectivity index (χ2v) is 5.17. The van der Waals surface area contributed by atoms with E-state index < -0.39 is 25.7 Å². The van der Waals surface area contributed by atoms with Gasteiger partial charge < -0.3 is 15.4 Å². The molecular formula is C7H13N4O6P. The van der Waals surface area contributed by atoms with Crippen molar-refractivity contribution in [2.75, 3.05) is 12.1 Å². The average Bonchev–Trinajstić information content (AvgIpc) is 2.30. The van der Waals surface area contributed by atoms with Crippen LogP contribution in [0.2, 0.25) is 0 Å². The Morgan fingerprint density at radius 3 is 2.89 bits per heavy atom. The molecule has 18 heavy (non-hydrogen) atoms. The van der Waals surface area contributed by atoms with Crippen molar-refractivity contribution < 1.29 is 24.1 Å². The average molecular weight is 280 g/mol. The lowest BCUT2D eigenvalue weighted by molar-refractivity contribution is -0.150. The fourth-order valence-corrected chi connectivity index (χ4v) is 1.56. The molecule has 0 aliphatic rings. The van der Waals surface area contributed by atoms with Crippen molar-refractivity contribution in [3.8, 4) is 0 Å². The van der Waals surface area contributed by atoms with Gasteiger partial charge in [0.15, 0.2) is 6.35 Å². The van der Waals surface area contributed by atoms with Gasteiger partial charge in [0.05, 0.1) is 12.6 Å². The van der Waals surface area contributed by atoms with Gasteiger partial charge in [0.25, 0.3) is 0 Å². The summed E-state index contributed by atoms with van der Waals surface area (Å²) in [6.45, 7) is 1.62. The molecule has 1 unspecified atom stereocenters. The summed E-state index contributed by atoms with van der Waals surface area (Å²) in [5.74, 6) is -0.140. The lowest BCUT2D eigenvalue weighted by Gasteiger charge is -2.15. The zero-order valence-corrected chi connectivity index (χ0v) is 10.4. The Morgan fingerprint density at radius 1 is 1.67 bits per heavy atom. The van der Waals surface area contributed by atoms with Gasteiger partial charge in [-0.1, -0.05) is 0 Å². The molecule has 1 heterocycles. The number of ether oxygens (including phenoxy) is 1. The summed E-state index contributed by atoms with van der Waals surface area (Å²) in [6.07, 6.45) is -0.105. The highest BCUT2D eigenvalue weighted by molar-refractivity contribution is 7.52. The molecule has 1 rings (SSSR count). The Balaban J connectivity index is 2.57. The van der Waals surface area contributed by atoms with Crippen LogP contribution in [0.4, 0.5) is 5.95 Å². The van der Waals surface area contributed by atoms with Crippen molar-refractivity contribution in [2.24, 2.45) is 0 Å². The predicted molar refractivity (Wildman–Crippen MR) is 59.7 cm³/mol. The summed E-state index contributed by atoms with van der Waals surface area (Å²) in [5.41, 5.74) is 4.60. The normalized spacial score (nSPS) is 16.2. The Hall–Kier alpha value is -1.32. The van der Waals surface area contributed by atoms with Crippen molar-refractivity contribution in [3.63, 3.8) is 0 Å². The lowest BCUT2D eigenvalue weighted by Crippen LogP contribution is -2.29. The molecule has 0 saturated heterocycles. The second-order valence-electron chi connectivity index (χ2n) is 3.47. The van der Waals surface area contributed by atoms with Gasteiger partial charge >= 0.3 is 13.3 Å². The van der Waals surface area contributed by atoms with E-state index in [0.29, 0.717) is 0 Å². The molecule has 2 atom stereocenters. The molecule has 11 heteroatoms. The molecule has 0 saturated carbocycles. The van der Waals surface area contributed by atoms with Gasteiger partial charge in [-0.3, -0.25) is 9.13 Å². The molecule has 0 aliphatic heterocycles. The summed E-state index contributed by atoms with van der Waals surface area (Å²) in [6, 6.07) is 0. The van der Waals surface area contributed by atoms with Crippen molar-refractivity contribution in [3.05, 3.63) is 16.8 Å². The number of nitrogen functional groups attached to an aromatic ring is 1. The fraction of sp³-hybridized carbons (Fsp3) is 0.571. The molecule has 1 aromatic heterocycles. The number of hydrogen-bond acceptors (Lipinski definition) is 8. The van der Waals surface area contributed by atoms with Gasteiger partial charge in [-0.05, 0) is 6.92 Å². The van der Waals surface area contributed by atoms with E-state index in [1.165, 1.54) is 6.33 Å². The smallest absolute Gasteiger partial charge is 0.368 e. The maximum Gasteiger partial charge on any atom is 0.380 e. The first-order valence-corrected chi connectivity index (χ1v) is 6.56. The Kier molecular flexibility index (Phi) is 4.93. The fourth-order valence-electron chi connectivity index (χ4n) is 1.07. The highest BCUT2D eigenvalue weighted by atomic mass is 31.2. The summed E-state index contributed by atoms with van der Waals surface area (Å²) >= 11 is 0. The van der Waals surface area contributed by atoms with E-state index in [-0.39, 0.29) is 12.5 Å². The second kappa shape index (κ2) is 6.03. The molecule has 0 bridgehead atoms. The van der Waals surface area contributed by atoms with Crippen LogP contribution in [0.1, 0.15) is 6.92 Å². The lowest BCUT2D eigenvalue weighted by atomic mass is 10.4. The quantitative estimate of drug-likeness (QED) is 0.347. The van der Waals surface area contributed by atoms with Gasteiger partial charge in [0.2, 0.25) is 5.95 Å². The van der Waals surface area contributed by atoms with Crippen molar-refractivity contribution in [2.45, 2.75) is 19.6 Å². The van der Waals surface area contributed by atoms with Crippen LogP contribution in [0.15, 0.2) is 11.1 Å². The largest absolute Gasteiger partial charge is 0.380 e. The van der Waals surface area contributed by atoms with Crippen LogP contribution < -0.4 is 11.4 Å². The summed E-state index contributed by atoms with van der Waals surface area (Å²) in [4.78, 5) is 27.2. The van der Waals surface area contributed by atoms with E-state index in [1.807, 2.05) is 0 Å². The first-order chi connectivity index (χ1) is 8.34. The van der Waals surface area contributed by atoms with E-state index in [1.54, 1.807) is 6.92 Å². The molecular weight excluding hydrogens is 267 g/mol. The monoisotopic (exact) mass is 280 g/mol. The highest BCUT2D eigenvalue weighted by Gasteiger charge is 2.21. The number of anilines is 1. The van der Waals surface area contributed by atoms with Crippen LogP contribution in [0.3, 0.4) is 0 Å². The molecule has 102 valence electrons. The third-order valence-electron chi connectivity index (χ3n) is 1.89. The molecule has 0 spiro atoms. The van der Waals surface area contributed by atoms with Crippen molar-refractivity contribution in [1.82, 2.24) is 14.5 Å². The summed E-state index contributed by atoms with van der Waals surface area (Å²) in [7, 11) is -4.16. The van der Waals surface area contributed by atoms with Crippen molar-refractivity contribution >= 4 is 13.5 Å². The minimum absolute atomic E-state index is 0.0601. The molecule has 1 aromatic rings. The molecule has 0 aromatic carbocycles. The zero-order chi connectivity index (χ0) is 13.8. The van der Waals surface area contributed by atoms with Crippen molar-refractivity contribution in [1.29, 1.82) is 0 Å². The predicted octanol–water partition coefficient (Wildman–Crippen LogP) is -0.742. The van der Waals surface area contributed by atoms with E-state index >= 15 is 0 Å². The zero-order valence-electron chi connectivity index (χ0n) is 9.46. The number of hydrogen-bond donors (Lipinski definition) is 3. The SMILES string of the molecule is C[C@@H](Cn1cnc(N)nc1=O)OCP(=O)(O)OO. The van der Waals surface area contributed by atoms with Gasteiger partial charge in [-0.25, -0.2) is 15.0 Å².